The average molecular weight is 329 g/mol. The third-order valence-electron chi connectivity index (χ3n) is 3.98. The molecule has 1 aromatic carbocycles. The molecule has 0 atom stereocenters. The van der Waals surface area contributed by atoms with Gasteiger partial charge in [0.1, 0.15) is 0 Å². The van der Waals surface area contributed by atoms with Crippen LogP contribution in [0.4, 0.5) is 13.2 Å². The van der Waals surface area contributed by atoms with Gasteiger partial charge in [0.25, 0.3) is 5.91 Å². The van der Waals surface area contributed by atoms with Gasteiger partial charge in [0, 0.05) is 44.8 Å². The number of benzene rings is 1. The van der Waals surface area contributed by atoms with Gasteiger partial charge in [-0.05, 0) is 38.4 Å². The molecule has 0 unspecified atom stereocenters. The summed E-state index contributed by atoms with van der Waals surface area (Å²) in [4.78, 5) is 18.5. The molecule has 0 spiro atoms. The third kappa shape index (κ3) is 4.94. The number of carbonyl (C=O) groups is 1. The Balaban J connectivity index is 1.90. The first kappa shape index (κ1) is 17.7. The Hall–Kier alpha value is -1.60. The van der Waals surface area contributed by atoms with Crippen molar-refractivity contribution in [1.82, 2.24) is 14.7 Å². The molecule has 2 rings (SSSR count). The van der Waals surface area contributed by atoms with E-state index in [1.54, 1.807) is 4.90 Å². The van der Waals surface area contributed by atoms with Crippen molar-refractivity contribution in [1.29, 1.82) is 0 Å². The number of amides is 1. The normalized spacial score (nSPS) is 16.9. The fourth-order valence-electron chi connectivity index (χ4n) is 2.50. The zero-order valence-corrected chi connectivity index (χ0v) is 13.4. The second-order valence-electron chi connectivity index (χ2n) is 6.01. The van der Waals surface area contributed by atoms with E-state index in [2.05, 4.69) is 9.80 Å². The van der Waals surface area contributed by atoms with E-state index in [0.717, 1.165) is 38.3 Å². The molecule has 23 heavy (non-hydrogen) atoms. The average Bonchev–Trinajstić information content (AvgIpc) is 2.52. The van der Waals surface area contributed by atoms with Gasteiger partial charge < -0.3 is 9.80 Å². The van der Waals surface area contributed by atoms with Gasteiger partial charge in [0.15, 0.2) is 0 Å². The number of piperazine rings is 1. The molecular weight excluding hydrogens is 307 g/mol. The number of hydrogen-bond donors (Lipinski definition) is 0. The fourth-order valence-corrected chi connectivity index (χ4v) is 2.50. The highest BCUT2D eigenvalue weighted by molar-refractivity contribution is 5.94. The van der Waals surface area contributed by atoms with Gasteiger partial charge in [-0.25, -0.2) is 0 Å². The maximum atomic E-state index is 12.5. The van der Waals surface area contributed by atoms with Gasteiger partial charge >= 0.3 is 6.18 Å². The predicted molar refractivity (Wildman–Crippen MR) is 82.3 cm³/mol. The van der Waals surface area contributed by atoms with Crippen molar-refractivity contribution in [2.75, 3.05) is 53.4 Å². The molecule has 1 aliphatic rings. The Morgan fingerprint density at radius 1 is 1.09 bits per heavy atom. The molecule has 0 radical (unpaired) electrons. The number of alkyl halides is 3. The van der Waals surface area contributed by atoms with E-state index in [1.165, 1.54) is 12.1 Å². The van der Waals surface area contributed by atoms with E-state index in [9.17, 15) is 18.0 Å². The Morgan fingerprint density at radius 3 is 2.13 bits per heavy atom. The summed E-state index contributed by atoms with van der Waals surface area (Å²) in [5, 5.41) is 0. The maximum absolute atomic E-state index is 12.5. The summed E-state index contributed by atoms with van der Waals surface area (Å²) in [7, 11) is 4.04. The Bertz CT molecular complexity index is 520. The van der Waals surface area contributed by atoms with Gasteiger partial charge in [-0.15, -0.1) is 0 Å². The first-order valence-corrected chi connectivity index (χ1v) is 7.61. The monoisotopic (exact) mass is 329 g/mol. The van der Waals surface area contributed by atoms with Crippen LogP contribution in [0.5, 0.6) is 0 Å². The molecule has 128 valence electrons. The largest absolute Gasteiger partial charge is 0.416 e. The predicted octanol–water partition coefficient (Wildman–Crippen LogP) is 2.02. The van der Waals surface area contributed by atoms with Crippen LogP contribution < -0.4 is 0 Å². The van der Waals surface area contributed by atoms with Crippen LogP contribution in [-0.2, 0) is 6.18 Å². The minimum absolute atomic E-state index is 0.203. The number of rotatable bonds is 4. The standard InChI is InChI=1S/C16H22F3N3O/c1-20(2)7-8-21-9-11-22(12-10-21)15(23)13-3-5-14(6-4-13)16(17,18)19/h3-6H,7-12H2,1-2H3. The summed E-state index contributed by atoms with van der Waals surface area (Å²) in [6.07, 6.45) is -4.38. The van der Waals surface area contributed by atoms with Gasteiger partial charge in [0.05, 0.1) is 5.56 Å². The second kappa shape index (κ2) is 7.31. The van der Waals surface area contributed by atoms with Gasteiger partial charge in [-0.2, -0.15) is 13.2 Å². The molecule has 1 heterocycles. The molecule has 1 aromatic rings. The summed E-state index contributed by atoms with van der Waals surface area (Å²) < 4.78 is 37.6. The second-order valence-corrected chi connectivity index (χ2v) is 6.01. The molecule has 7 heteroatoms. The molecule has 4 nitrogen and oxygen atoms in total. The van der Waals surface area contributed by atoms with Gasteiger partial charge in [-0.1, -0.05) is 0 Å². The molecule has 0 aromatic heterocycles. The molecular formula is C16H22F3N3O. The van der Waals surface area contributed by atoms with Crippen LogP contribution in [0.2, 0.25) is 0 Å². The van der Waals surface area contributed by atoms with Gasteiger partial charge in [0.2, 0.25) is 0 Å². The lowest BCUT2D eigenvalue weighted by atomic mass is 10.1. The van der Waals surface area contributed by atoms with E-state index in [0.29, 0.717) is 18.7 Å². The third-order valence-corrected chi connectivity index (χ3v) is 3.98. The molecule has 1 fully saturated rings. The zero-order chi connectivity index (χ0) is 17.0. The molecule has 0 aliphatic carbocycles. The highest BCUT2D eigenvalue weighted by Crippen LogP contribution is 2.29. The summed E-state index contributed by atoms with van der Waals surface area (Å²) >= 11 is 0. The lowest BCUT2D eigenvalue weighted by Gasteiger charge is -2.35. The van der Waals surface area contributed by atoms with Crippen LogP contribution in [0.15, 0.2) is 24.3 Å². The van der Waals surface area contributed by atoms with Gasteiger partial charge in [-0.3, -0.25) is 9.69 Å². The Morgan fingerprint density at radius 2 is 1.65 bits per heavy atom. The minimum atomic E-state index is -4.38. The van der Waals surface area contributed by atoms with Crippen LogP contribution >= 0.6 is 0 Å². The van der Waals surface area contributed by atoms with E-state index < -0.39 is 11.7 Å². The van der Waals surface area contributed by atoms with E-state index in [-0.39, 0.29) is 5.91 Å². The van der Waals surface area contributed by atoms with Crippen molar-refractivity contribution < 1.29 is 18.0 Å². The first-order valence-electron chi connectivity index (χ1n) is 7.61. The highest BCUT2D eigenvalue weighted by atomic mass is 19.4. The molecule has 0 bridgehead atoms. The molecule has 0 N–H and O–H groups in total. The zero-order valence-electron chi connectivity index (χ0n) is 13.4. The summed E-state index contributed by atoms with van der Waals surface area (Å²) in [5.74, 6) is -0.203. The SMILES string of the molecule is CN(C)CCN1CCN(C(=O)c2ccc(C(F)(F)F)cc2)CC1. The van der Waals surface area contributed by atoms with E-state index >= 15 is 0 Å². The smallest absolute Gasteiger partial charge is 0.336 e. The van der Waals surface area contributed by atoms with Crippen molar-refractivity contribution >= 4 is 5.91 Å². The molecule has 1 aliphatic heterocycles. The van der Waals surface area contributed by atoms with E-state index in [4.69, 9.17) is 0 Å². The minimum Gasteiger partial charge on any atom is -0.336 e. The van der Waals surface area contributed by atoms with Crippen LogP contribution in [-0.4, -0.2) is 74.0 Å². The number of hydrogen-bond acceptors (Lipinski definition) is 3. The first-order chi connectivity index (χ1) is 10.8. The van der Waals surface area contributed by atoms with Crippen LogP contribution in [0.1, 0.15) is 15.9 Å². The van der Waals surface area contributed by atoms with Crippen LogP contribution in [0.3, 0.4) is 0 Å². The van der Waals surface area contributed by atoms with Crippen molar-refractivity contribution in [2.24, 2.45) is 0 Å². The number of likely N-dealkylation sites (N-methyl/N-ethyl adjacent to an activating group) is 1. The van der Waals surface area contributed by atoms with Crippen molar-refractivity contribution in [2.45, 2.75) is 6.18 Å². The quantitative estimate of drug-likeness (QED) is 0.846. The molecule has 1 amide bonds. The van der Waals surface area contributed by atoms with Crippen LogP contribution in [0.25, 0.3) is 0 Å². The lowest BCUT2D eigenvalue weighted by Crippen LogP contribution is -2.49. The summed E-state index contributed by atoms with van der Waals surface area (Å²) in [5.41, 5.74) is -0.428. The van der Waals surface area contributed by atoms with Crippen LogP contribution in [0, 0.1) is 0 Å². The van der Waals surface area contributed by atoms with Crippen molar-refractivity contribution in [3.8, 4) is 0 Å². The lowest BCUT2D eigenvalue weighted by molar-refractivity contribution is -0.137. The summed E-state index contributed by atoms with van der Waals surface area (Å²) in [6.45, 7) is 4.71. The van der Waals surface area contributed by atoms with Crippen molar-refractivity contribution in [3.05, 3.63) is 35.4 Å². The fraction of sp³-hybridized carbons (Fsp3) is 0.562. The molecule has 0 saturated carbocycles. The number of nitrogens with zero attached hydrogens (tertiary/aromatic N) is 3. The number of carbonyl (C=O) groups excluding carboxylic acids is 1. The number of halogens is 3. The van der Waals surface area contributed by atoms with Crippen molar-refractivity contribution in [3.63, 3.8) is 0 Å². The molecule has 1 saturated heterocycles. The Kier molecular flexibility index (Phi) is 5.64. The topological polar surface area (TPSA) is 26.8 Å². The van der Waals surface area contributed by atoms with E-state index in [1.807, 2.05) is 14.1 Å². The maximum Gasteiger partial charge on any atom is 0.416 e. The highest BCUT2D eigenvalue weighted by Gasteiger charge is 2.30. The Labute approximate surface area is 134 Å². The summed E-state index contributed by atoms with van der Waals surface area (Å²) in [6, 6.07) is 4.42.